The van der Waals surface area contributed by atoms with Gasteiger partial charge in [0.2, 0.25) is 0 Å². The van der Waals surface area contributed by atoms with Gasteiger partial charge in [0.05, 0.1) is 0 Å². The Morgan fingerprint density at radius 3 is 2.04 bits per heavy atom. The molecule has 1 aromatic heterocycles. The fraction of sp³-hybridized carbons (Fsp3) is 0.545. The summed E-state index contributed by atoms with van der Waals surface area (Å²) in [5.74, 6) is 0. The summed E-state index contributed by atoms with van der Waals surface area (Å²) < 4.78 is 2.72. The first-order valence-electron chi connectivity index (χ1n) is 9.45. The Labute approximate surface area is 149 Å². The smallest absolute Gasteiger partial charge is 0.169 e. The van der Waals surface area contributed by atoms with E-state index < -0.39 is 8.24 Å². The van der Waals surface area contributed by atoms with E-state index in [1.807, 2.05) is 0 Å². The molecular formula is C22H35NSi. The average Bonchev–Trinajstić information content (AvgIpc) is 2.89. The van der Waals surface area contributed by atoms with Gasteiger partial charge in [0, 0.05) is 10.9 Å². The third-order valence-electron chi connectivity index (χ3n) is 5.75. The fourth-order valence-corrected chi connectivity index (χ4v) is 11.5. The van der Waals surface area contributed by atoms with Crippen molar-refractivity contribution < 1.29 is 0 Å². The van der Waals surface area contributed by atoms with E-state index >= 15 is 0 Å². The predicted octanol–water partition coefficient (Wildman–Crippen LogP) is 7.17. The second kappa shape index (κ2) is 7.31. The van der Waals surface area contributed by atoms with Crippen LogP contribution in [0.25, 0.3) is 10.9 Å². The lowest BCUT2D eigenvalue weighted by Gasteiger charge is -2.44. The van der Waals surface area contributed by atoms with Crippen LogP contribution in [0.1, 0.15) is 61.0 Å². The average molecular weight is 342 g/mol. The van der Waals surface area contributed by atoms with Crippen LogP contribution >= 0.6 is 0 Å². The van der Waals surface area contributed by atoms with Crippen LogP contribution in [0.2, 0.25) is 16.6 Å². The Bertz CT molecular complexity index is 693. The van der Waals surface area contributed by atoms with Crippen LogP contribution in [0.4, 0.5) is 0 Å². The lowest BCUT2D eigenvalue weighted by atomic mass is 10.1. The first kappa shape index (κ1) is 19.0. The van der Waals surface area contributed by atoms with Gasteiger partial charge in [-0.1, -0.05) is 65.3 Å². The van der Waals surface area contributed by atoms with Crippen LogP contribution in [0.5, 0.6) is 0 Å². The van der Waals surface area contributed by atoms with Crippen LogP contribution in [0.3, 0.4) is 0 Å². The Kier molecular flexibility index (Phi) is 5.80. The summed E-state index contributed by atoms with van der Waals surface area (Å²) in [6, 6.07) is 9.22. The van der Waals surface area contributed by atoms with E-state index in [0.29, 0.717) is 0 Å². The Hall–Kier alpha value is -1.28. The van der Waals surface area contributed by atoms with Crippen molar-refractivity contribution in [2.45, 2.75) is 78.4 Å². The minimum Gasteiger partial charge on any atom is -0.373 e. The zero-order chi connectivity index (χ0) is 18.1. The lowest BCUT2D eigenvalue weighted by molar-refractivity contribution is 0.773. The number of benzene rings is 1. The monoisotopic (exact) mass is 341 g/mol. The molecule has 0 atom stereocenters. The first-order chi connectivity index (χ1) is 11.2. The van der Waals surface area contributed by atoms with Crippen molar-refractivity contribution in [3.05, 3.63) is 47.7 Å². The van der Waals surface area contributed by atoms with E-state index in [-0.39, 0.29) is 0 Å². The zero-order valence-electron chi connectivity index (χ0n) is 16.9. The van der Waals surface area contributed by atoms with E-state index in [1.54, 1.807) is 0 Å². The molecule has 0 aliphatic carbocycles. The van der Waals surface area contributed by atoms with Crippen molar-refractivity contribution in [3.63, 3.8) is 0 Å². The quantitative estimate of drug-likeness (QED) is 0.387. The van der Waals surface area contributed by atoms with Crippen LogP contribution in [0.15, 0.2) is 42.1 Å². The highest BCUT2D eigenvalue weighted by atomic mass is 28.3. The van der Waals surface area contributed by atoms with E-state index in [1.165, 1.54) is 22.0 Å². The van der Waals surface area contributed by atoms with Gasteiger partial charge < -0.3 is 4.23 Å². The van der Waals surface area contributed by atoms with Gasteiger partial charge in [-0.05, 0) is 60.8 Å². The summed E-state index contributed by atoms with van der Waals surface area (Å²) in [6.07, 6.45) is 5.76. The number of hydrogen-bond acceptors (Lipinski definition) is 0. The molecule has 0 saturated carbocycles. The summed E-state index contributed by atoms with van der Waals surface area (Å²) in [5.41, 5.74) is 6.43. The molecule has 0 saturated heterocycles. The predicted molar refractivity (Wildman–Crippen MR) is 112 cm³/mol. The number of allylic oxidation sites excluding steroid dienone is 2. The van der Waals surface area contributed by atoms with Gasteiger partial charge in [-0.15, -0.1) is 0 Å². The molecule has 0 radical (unpaired) electrons. The molecule has 1 heterocycles. The maximum atomic E-state index is 2.72. The number of rotatable bonds is 6. The van der Waals surface area contributed by atoms with Crippen molar-refractivity contribution in [3.8, 4) is 0 Å². The molecule has 1 nitrogen and oxygen atoms in total. The van der Waals surface area contributed by atoms with Gasteiger partial charge in [0.25, 0.3) is 0 Å². The second-order valence-corrected chi connectivity index (χ2v) is 14.1. The minimum absolute atomic E-state index is 0.717. The van der Waals surface area contributed by atoms with Crippen molar-refractivity contribution in [1.82, 2.24) is 4.23 Å². The van der Waals surface area contributed by atoms with Crippen molar-refractivity contribution in [2.24, 2.45) is 0 Å². The van der Waals surface area contributed by atoms with E-state index in [0.717, 1.165) is 23.0 Å². The zero-order valence-corrected chi connectivity index (χ0v) is 17.9. The highest BCUT2D eigenvalue weighted by molar-refractivity contribution is 6.82. The Morgan fingerprint density at radius 2 is 1.54 bits per heavy atom. The Balaban J connectivity index is 2.69. The maximum absolute atomic E-state index is 2.72. The van der Waals surface area contributed by atoms with Gasteiger partial charge in [0.15, 0.2) is 8.24 Å². The Morgan fingerprint density at radius 1 is 0.958 bits per heavy atom. The first-order valence-corrected chi connectivity index (χ1v) is 11.6. The van der Waals surface area contributed by atoms with Gasteiger partial charge in [-0.2, -0.15) is 0 Å². The van der Waals surface area contributed by atoms with E-state index in [4.69, 9.17) is 0 Å². The molecule has 132 valence electrons. The van der Waals surface area contributed by atoms with Crippen molar-refractivity contribution >= 4 is 19.1 Å². The van der Waals surface area contributed by atoms with Crippen LogP contribution in [-0.2, 0) is 6.42 Å². The van der Waals surface area contributed by atoms with Gasteiger partial charge in [0.1, 0.15) is 0 Å². The largest absolute Gasteiger partial charge is 0.373 e. The third kappa shape index (κ3) is 3.13. The summed E-state index contributed by atoms with van der Waals surface area (Å²) >= 11 is 0. The number of hydrogen-bond donors (Lipinski definition) is 0. The SMILES string of the molecule is CC(C)=CCc1cccc2c1ccn2[Si](C(C)C)(C(C)C)C(C)C. The molecule has 24 heavy (non-hydrogen) atoms. The lowest BCUT2D eigenvalue weighted by Crippen LogP contribution is -2.51. The summed E-state index contributed by atoms with van der Waals surface area (Å²) in [5, 5.41) is 1.44. The fourth-order valence-electron chi connectivity index (χ4n) is 4.90. The van der Waals surface area contributed by atoms with Gasteiger partial charge in [-0.25, -0.2) is 0 Å². The summed E-state index contributed by atoms with van der Waals surface area (Å²) in [4.78, 5) is 0. The molecule has 2 heteroatoms. The molecule has 2 aromatic rings. The molecule has 0 N–H and O–H groups in total. The van der Waals surface area contributed by atoms with Gasteiger partial charge >= 0.3 is 0 Å². The van der Waals surface area contributed by atoms with Crippen LogP contribution < -0.4 is 0 Å². The molecule has 0 aliphatic rings. The molecule has 0 amide bonds. The van der Waals surface area contributed by atoms with Crippen LogP contribution in [0, 0.1) is 0 Å². The van der Waals surface area contributed by atoms with E-state index in [9.17, 15) is 0 Å². The minimum atomic E-state index is -1.68. The summed E-state index contributed by atoms with van der Waals surface area (Å²) in [6.45, 7) is 19.0. The van der Waals surface area contributed by atoms with Crippen molar-refractivity contribution in [2.75, 3.05) is 0 Å². The van der Waals surface area contributed by atoms with Gasteiger partial charge in [-0.3, -0.25) is 0 Å². The molecule has 0 fully saturated rings. The number of aromatic nitrogens is 1. The highest BCUT2D eigenvalue weighted by Gasteiger charge is 2.45. The second-order valence-electron chi connectivity index (χ2n) is 8.37. The molecule has 0 spiro atoms. The molecule has 1 aromatic carbocycles. The molecule has 0 unspecified atom stereocenters. The molecule has 2 rings (SSSR count). The highest BCUT2D eigenvalue weighted by Crippen LogP contribution is 2.44. The van der Waals surface area contributed by atoms with Crippen molar-refractivity contribution in [1.29, 1.82) is 0 Å². The number of nitrogens with zero attached hydrogens (tertiary/aromatic N) is 1. The third-order valence-corrected chi connectivity index (χ3v) is 12.5. The molecule has 0 bridgehead atoms. The van der Waals surface area contributed by atoms with E-state index in [2.05, 4.69) is 96.2 Å². The summed E-state index contributed by atoms with van der Waals surface area (Å²) in [7, 11) is -1.68. The topological polar surface area (TPSA) is 4.93 Å². The maximum Gasteiger partial charge on any atom is 0.169 e. The normalized spacial score (nSPS) is 12.6. The molecular weight excluding hydrogens is 306 g/mol. The van der Waals surface area contributed by atoms with Crippen LogP contribution in [-0.4, -0.2) is 12.5 Å². The number of fused-ring (bicyclic) bond motifs is 1. The standard InChI is InChI=1S/C22H35NSi/c1-16(2)12-13-20-10-9-11-22-21(20)14-15-23(22)24(17(3)4,18(5)6)19(7)8/h9-12,14-15,17-19H,13H2,1-8H3. The molecule has 0 aliphatic heterocycles.